The van der Waals surface area contributed by atoms with Gasteiger partial charge in [0.15, 0.2) is 0 Å². The van der Waals surface area contributed by atoms with Crippen LogP contribution in [0.15, 0.2) is 6.07 Å². The molecule has 5 heteroatoms. The number of aliphatic hydroxyl groups is 1. The molecule has 1 heterocycles. The Morgan fingerprint density at radius 1 is 1.28 bits per heavy atom. The summed E-state index contributed by atoms with van der Waals surface area (Å²) >= 11 is 0. The van der Waals surface area contributed by atoms with Crippen LogP contribution in [0.4, 0.5) is 11.6 Å². The zero-order valence-corrected chi connectivity index (χ0v) is 11.4. The number of aromatic nitrogens is 2. The van der Waals surface area contributed by atoms with Gasteiger partial charge in [0.05, 0.1) is 0 Å². The zero-order chi connectivity index (χ0) is 13.4. The molecule has 0 aliphatic heterocycles. The highest BCUT2D eigenvalue weighted by Crippen LogP contribution is 2.14. The number of hydrogen-bond acceptors (Lipinski definition) is 5. The highest BCUT2D eigenvalue weighted by atomic mass is 16.2. The highest BCUT2D eigenvalue weighted by molar-refractivity contribution is 5.46. The zero-order valence-electron chi connectivity index (χ0n) is 11.4. The molecular weight excluding hydrogens is 228 g/mol. The summed E-state index contributed by atoms with van der Waals surface area (Å²) in [5.74, 6) is 2.23. The number of nitrogens with two attached hydrogens (primary N) is 1. The summed E-state index contributed by atoms with van der Waals surface area (Å²) in [6.45, 7) is 3.29. The number of unbranched alkanes of at least 4 members (excludes halogenated alkanes) is 2. The van der Waals surface area contributed by atoms with E-state index in [2.05, 4.69) is 21.8 Å². The number of nitrogen functional groups attached to an aromatic ring is 1. The van der Waals surface area contributed by atoms with Crippen LogP contribution in [0, 0.1) is 0 Å². The molecule has 0 aliphatic carbocycles. The van der Waals surface area contributed by atoms with Gasteiger partial charge in [-0.15, -0.1) is 0 Å². The molecule has 3 N–H and O–H groups in total. The van der Waals surface area contributed by atoms with E-state index < -0.39 is 0 Å². The molecule has 0 bridgehead atoms. The molecule has 1 aromatic heterocycles. The van der Waals surface area contributed by atoms with Gasteiger partial charge in [0.1, 0.15) is 17.5 Å². The van der Waals surface area contributed by atoms with Crippen LogP contribution in [-0.4, -0.2) is 35.3 Å². The Bertz CT molecular complexity index is 357. The second-order valence-corrected chi connectivity index (χ2v) is 4.52. The third kappa shape index (κ3) is 4.87. The van der Waals surface area contributed by atoms with Crippen molar-refractivity contribution in [3.05, 3.63) is 11.9 Å². The molecule has 0 amide bonds. The summed E-state index contributed by atoms with van der Waals surface area (Å²) in [7, 11) is 2.01. The molecule has 1 rings (SSSR count). The molecule has 102 valence electrons. The third-order valence-corrected chi connectivity index (χ3v) is 2.80. The second-order valence-electron chi connectivity index (χ2n) is 4.52. The van der Waals surface area contributed by atoms with Gasteiger partial charge >= 0.3 is 0 Å². The Balaban J connectivity index is 2.58. The lowest BCUT2D eigenvalue weighted by Crippen LogP contribution is -2.21. The monoisotopic (exact) mass is 252 g/mol. The van der Waals surface area contributed by atoms with Crippen molar-refractivity contribution < 1.29 is 5.11 Å². The smallest absolute Gasteiger partial charge is 0.134 e. The van der Waals surface area contributed by atoms with E-state index in [1.807, 2.05) is 13.1 Å². The fourth-order valence-corrected chi connectivity index (χ4v) is 1.79. The van der Waals surface area contributed by atoms with Crippen molar-refractivity contribution in [3.63, 3.8) is 0 Å². The van der Waals surface area contributed by atoms with Gasteiger partial charge in [0.2, 0.25) is 0 Å². The molecule has 0 atom stereocenters. The Hall–Kier alpha value is -1.36. The normalized spacial score (nSPS) is 10.6. The van der Waals surface area contributed by atoms with Gasteiger partial charge in [0.25, 0.3) is 0 Å². The average molecular weight is 252 g/mol. The lowest BCUT2D eigenvalue weighted by molar-refractivity contribution is 0.283. The summed E-state index contributed by atoms with van der Waals surface area (Å²) in [5, 5.41) is 8.73. The van der Waals surface area contributed by atoms with E-state index in [0.717, 1.165) is 50.3 Å². The van der Waals surface area contributed by atoms with Crippen LogP contribution in [0.5, 0.6) is 0 Å². The SMILES string of the molecule is CCCc1nc(N)cc(N(C)CCCCCO)n1. The summed E-state index contributed by atoms with van der Waals surface area (Å²) in [6.07, 6.45) is 4.81. The van der Waals surface area contributed by atoms with Crippen LogP contribution in [-0.2, 0) is 6.42 Å². The molecule has 1 aromatic rings. The van der Waals surface area contributed by atoms with E-state index in [0.29, 0.717) is 5.82 Å². The van der Waals surface area contributed by atoms with Crippen molar-refractivity contribution >= 4 is 11.6 Å². The van der Waals surface area contributed by atoms with E-state index in [-0.39, 0.29) is 6.61 Å². The van der Waals surface area contributed by atoms with E-state index in [1.165, 1.54) is 0 Å². The average Bonchev–Trinajstić information content (AvgIpc) is 2.34. The van der Waals surface area contributed by atoms with Crippen LogP contribution in [0.2, 0.25) is 0 Å². The lowest BCUT2D eigenvalue weighted by atomic mass is 10.2. The quantitative estimate of drug-likeness (QED) is 0.687. The Labute approximate surface area is 109 Å². The van der Waals surface area contributed by atoms with Crippen LogP contribution in [0.3, 0.4) is 0 Å². The number of aryl methyl sites for hydroxylation is 1. The van der Waals surface area contributed by atoms with E-state index >= 15 is 0 Å². The molecule has 18 heavy (non-hydrogen) atoms. The summed E-state index contributed by atoms with van der Waals surface area (Å²) in [4.78, 5) is 10.8. The number of nitrogens with zero attached hydrogens (tertiary/aromatic N) is 3. The fourth-order valence-electron chi connectivity index (χ4n) is 1.79. The Morgan fingerprint density at radius 3 is 2.72 bits per heavy atom. The van der Waals surface area contributed by atoms with Crippen molar-refractivity contribution in [2.45, 2.75) is 39.0 Å². The molecule has 0 aromatic carbocycles. The molecule has 0 radical (unpaired) electrons. The topological polar surface area (TPSA) is 75.3 Å². The van der Waals surface area contributed by atoms with Crippen molar-refractivity contribution in [1.82, 2.24) is 9.97 Å². The van der Waals surface area contributed by atoms with Crippen molar-refractivity contribution in [3.8, 4) is 0 Å². The van der Waals surface area contributed by atoms with Crippen molar-refractivity contribution in [2.75, 3.05) is 30.8 Å². The first-order chi connectivity index (χ1) is 8.67. The first-order valence-corrected chi connectivity index (χ1v) is 6.62. The highest BCUT2D eigenvalue weighted by Gasteiger charge is 2.06. The number of anilines is 2. The van der Waals surface area contributed by atoms with Gasteiger partial charge in [-0.3, -0.25) is 0 Å². The van der Waals surface area contributed by atoms with E-state index in [1.54, 1.807) is 0 Å². The van der Waals surface area contributed by atoms with Gasteiger partial charge in [-0.25, -0.2) is 9.97 Å². The van der Waals surface area contributed by atoms with Gasteiger partial charge < -0.3 is 15.7 Å². The van der Waals surface area contributed by atoms with Gasteiger partial charge in [0, 0.05) is 32.7 Å². The van der Waals surface area contributed by atoms with E-state index in [9.17, 15) is 0 Å². The fraction of sp³-hybridized carbons (Fsp3) is 0.692. The third-order valence-electron chi connectivity index (χ3n) is 2.80. The maximum absolute atomic E-state index is 8.73. The maximum atomic E-state index is 8.73. The van der Waals surface area contributed by atoms with Crippen LogP contribution in [0.1, 0.15) is 38.4 Å². The lowest BCUT2D eigenvalue weighted by Gasteiger charge is -2.18. The second kappa shape index (κ2) is 7.87. The molecule has 0 saturated heterocycles. The molecule has 0 saturated carbocycles. The first-order valence-electron chi connectivity index (χ1n) is 6.62. The predicted molar refractivity (Wildman–Crippen MR) is 74.6 cm³/mol. The van der Waals surface area contributed by atoms with Gasteiger partial charge in [-0.2, -0.15) is 0 Å². The Morgan fingerprint density at radius 2 is 2.06 bits per heavy atom. The predicted octanol–water partition coefficient (Wildman–Crippen LogP) is 1.61. The van der Waals surface area contributed by atoms with Gasteiger partial charge in [-0.05, 0) is 25.7 Å². The van der Waals surface area contributed by atoms with E-state index in [4.69, 9.17) is 10.8 Å². The minimum Gasteiger partial charge on any atom is -0.396 e. The van der Waals surface area contributed by atoms with Crippen LogP contribution < -0.4 is 10.6 Å². The Kier molecular flexibility index (Phi) is 6.43. The van der Waals surface area contributed by atoms with Gasteiger partial charge in [-0.1, -0.05) is 6.92 Å². The molecule has 0 spiro atoms. The molecule has 0 unspecified atom stereocenters. The molecule has 0 fully saturated rings. The summed E-state index contributed by atoms with van der Waals surface area (Å²) in [6, 6.07) is 1.81. The minimum atomic E-state index is 0.269. The van der Waals surface area contributed by atoms with Crippen LogP contribution in [0.25, 0.3) is 0 Å². The maximum Gasteiger partial charge on any atom is 0.134 e. The van der Waals surface area contributed by atoms with Crippen LogP contribution >= 0.6 is 0 Å². The van der Waals surface area contributed by atoms with Crippen molar-refractivity contribution in [2.24, 2.45) is 0 Å². The number of hydrogen-bond donors (Lipinski definition) is 2. The number of rotatable bonds is 8. The standard InChI is InChI=1S/C13H24N4O/c1-3-7-12-15-11(14)10-13(16-12)17(2)8-5-4-6-9-18/h10,18H,3-9H2,1-2H3,(H2,14,15,16). The number of aliphatic hydroxyl groups excluding tert-OH is 1. The molecule has 5 nitrogen and oxygen atoms in total. The summed E-state index contributed by atoms with van der Waals surface area (Å²) < 4.78 is 0. The summed E-state index contributed by atoms with van der Waals surface area (Å²) in [5.41, 5.74) is 5.79. The first kappa shape index (κ1) is 14.7. The largest absolute Gasteiger partial charge is 0.396 e. The minimum absolute atomic E-state index is 0.269. The molecule has 0 aliphatic rings. The molecular formula is C13H24N4O. The van der Waals surface area contributed by atoms with Crippen molar-refractivity contribution in [1.29, 1.82) is 0 Å².